The molecule has 1 saturated carbocycles. The summed E-state index contributed by atoms with van der Waals surface area (Å²) in [6.45, 7) is 0.504. The zero-order chi connectivity index (χ0) is 15.4. The van der Waals surface area contributed by atoms with E-state index < -0.39 is 0 Å². The van der Waals surface area contributed by atoms with E-state index in [0.29, 0.717) is 12.5 Å². The highest BCUT2D eigenvalue weighted by Gasteiger charge is 2.34. The highest BCUT2D eigenvalue weighted by Crippen LogP contribution is 2.29. The van der Waals surface area contributed by atoms with Gasteiger partial charge in [-0.25, -0.2) is 0 Å². The summed E-state index contributed by atoms with van der Waals surface area (Å²) in [5.74, 6) is 0.596. The molecule has 2 unspecified atom stereocenters. The largest absolute Gasteiger partial charge is 0.364 e. The average molecular weight is 339 g/mol. The van der Waals surface area contributed by atoms with Crippen molar-refractivity contribution < 1.29 is 9.53 Å². The van der Waals surface area contributed by atoms with Crippen molar-refractivity contribution in [3.05, 3.63) is 35.9 Å². The SMILES string of the molecule is Cl.NC[C@H]1CC[C@@H](C(=O)NC2CCCC2Cc2ccccc2)O1. The van der Waals surface area contributed by atoms with Crippen molar-refractivity contribution in [2.75, 3.05) is 6.54 Å². The highest BCUT2D eigenvalue weighted by atomic mass is 35.5. The lowest BCUT2D eigenvalue weighted by atomic mass is 9.94. The van der Waals surface area contributed by atoms with Crippen molar-refractivity contribution in [2.24, 2.45) is 11.7 Å². The van der Waals surface area contributed by atoms with E-state index in [1.807, 2.05) is 6.07 Å². The van der Waals surface area contributed by atoms with Crippen LogP contribution < -0.4 is 11.1 Å². The fourth-order valence-electron chi connectivity index (χ4n) is 3.74. The Morgan fingerprint density at radius 2 is 1.96 bits per heavy atom. The molecule has 2 fully saturated rings. The first kappa shape index (κ1) is 18.2. The molecule has 1 aromatic carbocycles. The average Bonchev–Trinajstić information content (AvgIpc) is 3.18. The van der Waals surface area contributed by atoms with Gasteiger partial charge in [0, 0.05) is 12.6 Å². The third-order valence-electron chi connectivity index (χ3n) is 4.99. The Balaban J connectivity index is 0.00000192. The minimum absolute atomic E-state index is 0. The topological polar surface area (TPSA) is 64.4 Å². The van der Waals surface area contributed by atoms with E-state index in [9.17, 15) is 4.79 Å². The van der Waals surface area contributed by atoms with Crippen molar-refractivity contribution in [1.82, 2.24) is 5.32 Å². The molecule has 1 aliphatic carbocycles. The summed E-state index contributed by atoms with van der Waals surface area (Å²) in [6.07, 6.45) is 5.96. The molecule has 1 aromatic rings. The van der Waals surface area contributed by atoms with Gasteiger partial charge in [0.1, 0.15) is 6.10 Å². The Kier molecular flexibility index (Phi) is 6.88. The molecule has 1 saturated heterocycles. The number of nitrogens with one attached hydrogen (secondary N) is 1. The zero-order valence-corrected chi connectivity index (χ0v) is 14.3. The Bertz CT molecular complexity index is 497. The number of halogens is 1. The van der Waals surface area contributed by atoms with Crippen LogP contribution in [0.4, 0.5) is 0 Å². The first-order valence-corrected chi connectivity index (χ1v) is 8.46. The van der Waals surface area contributed by atoms with Crippen LogP contribution in [-0.2, 0) is 16.0 Å². The molecule has 0 radical (unpaired) electrons. The fraction of sp³-hybridized carbons (Fsp3) is 0.611. The van der Waals surface area contributed by atoms with Crippen LogP contribution in [0.2, 0.25) is 0 Å². The van der Waals surface area contributed by atoms with Crippen LogP contribution in [0.25, 0.3) is 0 Å². The molecule has 5 heteroatoms. The number of ether oxygens (including phenoxy) is 1. The van der Waals surface area contributed by atoms with Gasteiger partial charge in [-0.15, -0.1) is 12.4 Å². The third-order valence-corrected chi connectivity index (χ3v) is 4.99. The summed E-state index contributed by atoms with van der Waals surface area (Å²) < 4.78 is 5.70. The summed E-state index contributed by atoms with van der Waals surface area (Å²) in [5.41, 5.74) is 6.97. The van der Waals surface area contributed by atoms with Crippen molar-refractivity contribution in [3.63, 3.8) is 0 Å². The van der Waals surface area contributed by atoms with Gasteiger partial charge < -0.3 is 15.8 Å². The summed E-state index contributed by atoms with van der Waals surface area (Å²) in [7, 11) is 0. The van der Waals surface area contributed by atoms with Crippen molar-refractivity contribution in [1.29, 1.82) is 0 Å². The minimum atomic E-state index is -0.300. The van der Waals surface area contributed by atoms with Gasteiger partial charge in [0.2, 0.25) is 5.91 Å². The van der Waals surface area contributed by atoms with Crippen LogP contribution in [0.15, 0.2) is 30.3 Å². The van der Waals surface area contributed by atoms with Crippen LogP contribution in [0, 0.1) is 5.92 Å². The number of hydrogen-bond donors (Lipinski definition) is 2. The molecular weight excluding hydrogens is 312 g/mol. The molecule has 3 N–H and O–H groups in total. The molecule has 1 heterocycles. The quantitative estimate of drug-likeness (QED) is 0.866. The van der Waals surface area contributed by atoms with Crippen LogP contribution in [0.3, 0.4) is 0 Å². The van der Waals surface area contributed by atoms with Crippen LogP contribution in [0.1, 0.15) is 37.7 Å². The van der Waals surface area contributed by atoms with E-state index in [-0.39, 0.29) is 36.6 Å². The van der Waals surface area contributed by atoms with E-state index in [1.165, 1.54) is 18.4 Å². The molecule has 23 heavy (non-hydrogen) atoms. The van der Waals surface area contributed by atoms with Gasteiger partial charge in [-0.3, -0.25) is 4.79 Å². The summed E-state index contributed by atoms with van der Waals surface area (Å²) >= 11 is 0. The lowest BCUT2D eigenvalue weighted by Gasteiger charge is -2.23. The number of amides is 1. The predicted octanol–water partition coefficient (Wildman–Crippen LogP) is 2.44. The van der Waals surface area contributed by atoms with Gasteiger partial charge >= 0.3 is 0 Å². The Labute approximate surface area is 144 Å². The summed E-state index contributed by atoms with van der Waals surface area (Å²) in [5, 5.41) is 3.23. The monoisotopic (exact) mass is 338 g/mol. The Hall–Kier alpha value is -1.10. The highest BCUT2D eigenvalue weighted by molar-refractivity contribution is 5.85. The minimum Gasteiger partial charge on any atom is -0.364 e. The van der Waals surface area contributed by atoms with Gasteiger partial charge in [0.05, 0.1) is 6.10 Å². The predicted molar refractivity (Wildman–Crippen MR) is 93.6 cm³/mol. The molecule has 3 rings (SSSR count). The second-order valence-corrected chi connectivity index (χ2v) is 6.56. The molecule has 1 aliphatic heterocycles. The van der Waals surface area contributed by atoms with E-state index in [2.05, 4.69) is 29.6 Å². The number of benzene rings is 1. The van der Waals surface area contributed by atoms with Crippen LogP contribution in [-0.4, -0.2) is 30.7 Å². The second kappa shape index (κ2) is 8.67. The summed E-state index contributed by atoms with van der Waals surface area (Å²) in [4.78, 5) is 12.4. The molecule has 0 aromatic heterocycles. The molecule has 0 spiro atoms. The fourth-order valence-corrected chi connectivity index (χ4v) is 3.74. The van der Waals surface area contributed by atoms with Gasteiger partial charge in [-0.05, 0) is 43.6 Å². The van der Waals surface area contributed by atoms with Gasteiger partial charge in [0.15, 0.2) is 0 Å². The maximum absolute atomic E-state index is 12.4. The number of hydrogen-bond acceptors (Lipinski definition) is 3. The Morgan fingerprint density at radius 1 is 1.17 bits per heavy atom. The first-order valence-electron chi connectivity index (χ1n) is 8.46. The van der Waals surface area contributed by atoms with E-state index in [1.54, 1.807) is 0 Å². The lowest BCUT2D eigenvalue weighted by Crippen LogP contribution is -2.43. The van der Waals surface area contributed by atoms with Gasteiger partial charge in [0.25, 0.3) is 0 Å². The second-order valence-electron chi connectivity index (χ2n) is 6.56. The molecule has 4 atom stereocenters. The van der Waals surface area contributed by atoms with Gasteiger partial charge in [-0.2, -0.15) is 0 Å². The van der Waals surface area contributed by atoms with Gasteiger partial charge in [-0.1, -0.05) is 36.8 Å². The third kappa shape index (κ3) is 4.69. The molecular formula is C18H27ClN2O2. The maximum atomic E-state index is 12.4. The van der Waals surface area contributed by atoms with Crippen LogP contribution in [0.5, 0.6) is 0 Å². The number of carbonyl (C=O) groups is 1. The van der Waals surface area contributed by atoms with Crippen molar-refractivity contribution in [3.8, 4) is 0 Å². The maximum Gasteiger partial charge on any atom is 0.249 e. The molecule has 2 aliphatic rings. The van der Waals surface area contributed by atoms with Crippen LogP contribution >= 0.6 is 12.4 Å². The number of rotatable bonds is 5. The normalized spacial score (nSPS) is 30.0. The lowest BCUT2D eigenvalue weighted by molar-refractivity contribution is -0.132. The van der Waals surface area contributed by atoms with Crippen molar-refractivity contribution >= 4 is 18.3 Å². The van der Waals surface area contributed by atoms with Crippen molar-refractivity contribution in [2.45, 2.75) is 56.8 Å². The summed E-state index contributed by atoms with van der Waals surface area (Å²) in [6, 6.07) is 10.8. The molecule has 1 amide bonds. The number of carbonyl (C=O) groups excluding carboxylic acids is 1. The van der Waals surface area contributed by atoms with E-state index in [0.717, 1.165) is 25.7 Å². The molecule has 0 bridgehead atoms. The van der Waals surface area contributed by atoms with E-state index >= 15 is 0 Å². The Morgan fingerprint density at radius 3 is 2.65 bits per heavy atom. The van der Waals surface area contributed by atoms with E-state index in [4.69, 9.17) is 10.5 Å². The first-order chi connectivity index (χ1) is 10.8. The molecule has 128 valence electrons. The number of nitrogens with two attached hydrogens (primary N) is 1. The molecule has 4 nitrogen and oxygen atoms in total. The zero-order valence-electron chi connectivity index (χ0n) is 13.4. The standard InChI is InChI=1S/C18H26N2O2.ClH/c19-12-15-9-10-17(22-15)18(21)20-16-8-4-7-14(16)11-13-5-2-1-3-6-13;/h1-3,5-6,14-17H,4,7-12,19H2,(H,20,21);1H/t14?,15-,16?,17+;/m1./s1. The smallest absolute Gasteiger partial charge is 0.249 e.